The Morgan fingerprint density at radius 2 is 1.14 bits per heavy atom. The molecule has 276 valence electrons. The van der Waals surface area contributed by atoms with Crippen LogP contribution < -0.4 is 16.5 Å². The number of carbonyl (C=O) groups is 4. The fourth-order valence-corrected chi connectivity index (χ4v) is 9.52. The monoisotopic (exact) mass is 698 g/mol. The highest BCUT2D eigenvalue weighted by Gasteiger charge is 2.42. The summed E-state index contributed by atoms with van der Waals surface area (Å²) in [6.45, 7) is 0. The van der Waals surface area contributed by atoms with Gasteiger partial charge in [-0.25, -0.2) is 10.6 Å². The van der Waals surface area contributed by atoms with E-state index in [4.69, 9.17) is 5.84 Å². The quantitative estimate of drug-likeness (QED) is 0.111. The maximum Gasteiger partial charge on any atom is 0.345 e. The predicted octanol–water partition coefficient (Wildman–Crippen LogP) is 7.16. The molecule has 0 aromatic heterocycles. The summed E-state index contributed by atoms with van der Waals surface area (Å²) in [7, 11) is 4.07. The van der Waals surface area contributed by atoms with Crippen LogP contribution in [0.5, 0.6) is 0 Å². The number of benzene rings is 2. The van der Waals surface area contributed by atoms with Gasteiger partial charge in [-0.1, -0.05) is 57.4 Å². The first-order chi connectivity index (χ1) is 24.6. The molecule has 4 saturated carbocycles. The van der Waals surface area contributed by atoms with Gasteiger partial charge in [-0.15, -0.1) is 0 Å². The molecule has 4 N–H and O–H groups in total. The normalized spacial score (nSPS) is 25.1. The molecule has 9 heteroatoms. The van der Waals surface area contributed by atoms with E-state index in [1.54, 1.807) is 48.5 Å². The molecular formula is C42H60N5O4+. The van der Waals surface area contributed by atoms with Crippen LogP contribution >= 0.6 is 0 Å². The summed E-state index contributed by atoms with van der Waals surface area (Å²) in [6, 6.07) is 14.8. The van der Waals surface area contributed by atoms with Gasteiger partial charge < -0.3 is 10.6 Å². The second-order valence-corrected chi connectivity index (χ2v) is 16.5. The molecule has 2 aromatic carbocycles. The van der Waals surface area contributed by atoms with Crippen molar-refractivity contribution in [1.82, 2.24) is 15.6 Å². The van der Waals surface area contributed by atoms with E-state index >= 15 is 0 Å². The minimum absolute atomic E-state index is 0.0694. The lowest BCUT2D eigenvalue weighted by Crippen LogP contribution is -2.55. The Labute approximate surface area is 304 Å². The molecule has 4 aliphatic carbocycles. The SMILES string of the molecule is C[N+](C)(C(=O)c1ccc(C(=O)N(N)C2CCCCC2)cc1)C1CCCC(C2CCCC(NC(=O)c3cccc(C(=O)NC4CCCCC4)c3)C2)C1. The van der Waals surface area contributed by atoms with Gasteiger partial charge in [0.1, 0.15) is 0 Å². The second kappa shape index (κ2) is 16.8. The molecule has 0 saturated heterocycles. The summed E-state index contributed by atoms with van der Waals surface area (Å²) in [5.41, 5.74) is 2.22. The molecule has 9 nitrogen and oxygen atoms in total. The lowest BCUT2D eigenvalue weighted by molar-refractivity contribution is -0.837. The van der Waals surface area contributed by atoms with Gasteiger partial charge in [0.05, 0.1) is 25.7 Å². The fraction of sp³-hybridized carbons (Fsp3) is 0.619. The van der Waals surface area contributed by atoms with E-state index in [0.717, 1.165) is 103 Å². The minimum atomic E-state index is -0.183. The van der Waals surface area contributed by atoms with E-state index in [2.05, 4.69) is 10.6 Å². The van der Waals surface area contributed by atoms with E-state index < -0.39 is 0 Å². The standard InChI is InChI=1S/C42H59N5O4/c1-47(2,42(51)30-24-22-29(23-25-30)41(50)46(43)37-19-7-4-8-20-37)38-21-11-13-32(28-38)31-12-10-18-36(27-31)45-40(49)34-15-9-14-33(26-34)39(48)44-35-16-5-3-6-17-35/h9,14-15,22-26,31-32,35-38H,3-8,10-13,16-21,27-28,43H2,1-2H3,(H-,44,45,48,49)/p+1. The zero-order valence-corrected chi connectivity index (χ0v) is 30.9. The molecule has 0 bridgehead atoms. The topological polar surface area (TPSA) is 122 Å². The zero-order chi connectivity index (χ0) is 36.0. The van der Waals surface area contributed by atoms with Crippen molar-refractivity contribution in [2.24, 2.45) is 17.7 Å². The van der Waals surface area contributed by atoms with Gasteiger partial charge in [-0.2, -0.15) is 0 Å². The molecule has 0 heterocycles. The summed E-state index contributed by atoms with van der Waals surface area (Å²) in [6.07, 6.45) is 19.2. The van der Waals surface area contributed by atoms with Crippen molar-refractivity contribution in [3.8, 4) is 0 Å². The largest absolute Gasteiger partial charge is 0.349 e. The number of nitrogens with one attached hydrogen (secondary N) is 2. The third-order valence-corrected chi connectivity index (χ3v) is 12.7. The molecule has 0 radical (unpaired) electrons. The molecular weight excluding hydrogens is 638 g/mol. The van der Waals surface area contributed by atoms with Gasteiger partial charge in [0.25, 0.3) is 17.7 Å². The average molecular weight is 699 g/mol. The lowest BCUT2D eigenvalue weighted by atomic mass is 9.70. The molecule has 6 rings (SSSR count). The number of amides is 4. The number of hydrogen-bond acceptors (Lipinski definition) is 5. The Balaban J connectivity index is 1.02. The zero-order valence-electron chi connectivity index (χ0n) is 30.9. The van der Waals surface area contributed by atoms with Crippen LogP contribution in [0.2, 0.25) is 0 Å². The number of nitrogens with zero attached hydrogens (tertiary/aromatic N) is 2. The van der Waals surface area contributed by atoms with E-state index in [0.29, 0.717) is 34.1 Å². The molecule has 0 aliphatic heterocycles. The maximum absolute atomic E-state index is 14.0. The number of hydrogen-bond donors (Lipinski definition) is 3. The van der Waals surface area contributed by atoms with Gasteiger partial charge in [-0.3, -0.25) is 23.9 Å². The molecule has 4 aliphatic rings. The Morgan fingerprint density at radius 3 is 1.78 bits per heavy atom. The Bertz CT molecular complexity index is 1530. The highest BCUT2D eigenvalue weighted by molar-refractivity contribution is 6.00. The van der Waals surface area contributed by atoms with Crippen molar-refractivity contribution in [3.05, 3.63) is 70.8 Å². The highest BCUT2D eigenvalue weighted by atomic mass is 16.2. The van der Waals surface area contributed by atoms with E-state index in [1.807, 2.05) is 14.1 Å². The summed E-state index contributed by atoms with van der Waals surface area (Å²) < 4.78 is 0.284. The molecule has 4 fully saturated rings. The lowest BCUT2D eigenvalue weighted by Gasteiger charge is -2.43. The molecule has 2 aromatic rings. The molecule has 4 atom stereocenters. The van der Waals surface area contributed by atoms with Crippen LogP contribution in [-0.4, -0.2) is 71.4 Å². The average Bonchev–Trinajstić information content (AvgIpc) is 3.18. The molecule has 4 amide bonds. The van der Waals surface area contributed by atoms with Crippen LogP contribution in [-0.2, 0) is 0 Å². The van der Waals surface area contributed by atoms with Gasteiger partial charge in [0.15, 0.2) is 0 Å². The van der Waals surface area contributed by atoms with Crippen molar-refractivity contribution < 1.29 is 23.7 Å². The van der Waals surface area contributed by atoms with Crippen molar-refractivity contribution in [1.29, 1.82) is 0 Å². The van der Waals surface area contributed by atoms with Gasteiger partial charge in [0, 0.05) is 41.2 Å². The molecule has 0 spiro atoms. The van der Waals surface area contributed by atoms with Gasteiger partial charge in [0.2, 0.25) is 0 Å². The van der Waals surface area contributed by atoms with Gasteiger partial charge >= 0.3 is 5.91 Å². The predicted molar refractivity (Wildman–Crippen MR) is 200 cm³/mol. The Hall–Kier alpha value is -3.56. The second-order valence-electron chi connectivity index (χ2n) is 16.5. The Kier molecular flexibility index (Phi) is 12.3. The summed E-state index contributed by atoms with van der Waals surface area (Å²) in [5, 5.41) is 7.87. The first-order valence-electron chi connectivity index (χ1n) is 19.9. The van der Waals surface area contributed by atoms with Gasteiger partial charge in [-0.05, 0) is 112 Å². The number of nitrogens with two attached hydrogens (primary N) is 1. The van der Waals surface area contributed by atoms with E-state index in [1.165, 1.54) is 17.9 Å². The van der Waals surface area contributed by atoms with Crippen LogP contribution in [0.4, 0.5) is 0 Å². The maximum atomic E-state index is 14.0. The third kappa shape index (κ3) is 9.09. The summed E-state index contributed by atoms with van der Waals surface area (Å²) in [5.74, 6) is 6.93. The smallest absolute Gasteiger partial charge is 0.345 e. The minimum Gasteiger partial charge on any atom is -0.349 e. The highest BCUT2D eigenvalue weighted by Crippen LogP contribution is 2.41. The van der Waals surface area contributed by atoms with Crippen LogP contribution in [0.15, 0.2) is 48.5 Å². The van der Waals surface area contributed by atoms with E-state index in [-0.39, 0.29) is 52.3 Å². The van der Waals surface area contributed by atoms with Crippen molar-refractivity contribution >= 4 is 23.6 Å². The number of carbonyl (C=O) groups excluding carboxylic acids is 4. The van der Waals surface area contributed by atoms with Crippen molar-refractivity contribution in [2.45, 2.75) is 140 Å². The van der Waals surface area contributed by atoms with Crippen LogP contribution in [0.25, 0.3) is 0 Å². The molecule has 51 heavy (non-hydrogen) atoms. The number of quaternary nitrogens is 1. The van der Waals surface area contributed by atoms with Crippen LogP contribution in [0.1, 0.15) is 157 Å². The van der Waals surface area contributed by atoms with Crippen LogP contribution in [0.3, 0.4) is 0 Å². The summed E-state index contributed by atoms with van der Waals surface area (Å²) >= 11 is 0. The number of hydrazine groups is 1. The third-order valence-electron chi connectivity index (χ3n) is 12.7. The van der Waals surface area contributed by atoms with E-state index in [9.17, 15) is 19.2 Å². The number of rotatable bonds is 9. The van der Waals surface area contributed by atoms with Crippen molar-refractivity contribution in [3.63, 3.8) is 0 Å². The molecule has 4 unspecified atom stereocenters. The van der Waals surface area contributed by atoms with Crippen LogP contribution in [0, 0.1) is 11.8 Å². The fourth-order valence-electron chi connectivity index (χ4n) is 9.52. The van der Waals surface area contributed by atoms with Crippen molar-refractivity contribution in [2.75, 3.05) is 14.1 Å². The first-order valence-corrected chi connectivity index (χ1v) is 19.9. The first kappa shape index (κ1) is 37.2. The summed E-state index contributed by atoms with van der Waals surface area (Å²) in [4.78, 5) is 53.4. The Morgan fingerprint density at radius 1 is 0.608 bits per heavy atom.